The molecule has 144 valence electrons. The van der Waals surface area contributed by atoms with Crippen LogP contribution in [0.1, 0.15) is 23.4 Å². The number of nitrogens with zero attached hydrogens (tertiary/aromatic N) is 4. The lowest BCUT2D eigenvalue weighted by Crippen LogP contribution is -2.52. The number of carbonyl (C=O) groups excluding carboxylic acids is 1. The average Bonchev–Trinajstić information content (AvgIpc) is 2.97. The lowest BCUT2D eigenvalue weighted by Gasteiger charge is -2.37. The smallest absolute Gasteiger partial charge is 0.233 e. The topological polar surface area (TPSA) is 83.5 Å². The van der Waals surface area contributed by atoms with E-state index in [1.807, 2.05) is 25.7 Å². The van der Waals surface area contributed by atoms with Gasteiger partial charge in [-0.2, -0.15) is 0 Å². The molecule has 1 aromatic heterocycles. The summed E-state index contributed by atoms with van der Waals surface area (Å²) in [4.78, 5) is 25.4. The molecule has 3 rings (SSSR count). The Labute approximate surface area is 159 Å². The van der Waals surface area contributed by atoms with Gasteiger partial charge in [0.15, 0.2) is 15.0 Å². The second-order valence-corrected chi connectivity index (χ2v) is 10.2. The van der Waals surface area contributed by atoms with Crippen molar-refractivity contribution in [3.05, 3.63) is 17.0 Å². The summed E-state index contributed by atoms with van der Waals surface area (Å²) in [5, 5.41) is 0.647. The van der Waals surface area contributed by atoms with Gasteiger partial charge >= 0.3 is 0 Å². The summed E-state index contributed by atoms with van der Waals surface area (Å²) in [5.41, 5.74) is 2.99. The minimum absolute atomic E-state index is 0.0909. The van der Waals surface area contributed by atoms with Crippen LogP contribution in [0.25, 0.3) is 0 Å². The van der Waals surface area contributed by atoms with Crippen LogP contribution in [0.15, 0.2) is 5.16 Å². The first kappa shape index (κ1) is 19.6. The number of aromatic nitrogens is 2. The highest BCUT2D eigenvalue weighted by molar-refractivity contribution is 7.99. The van der Waals surface area contributed by atoms with Gasteiger partial charge in [0.05, 0.1) is 17.3 Å². The monoisotopic (exact) mass is 398 g/mol. The van der Waals surface area contributed by atoms with Crippen LogP contribution in [0.4, 0.5) is 0 Å². The third-order valence-corrected chi connectivity index (χ3v) is 7.91. The second kappa shape index (κ2) is 7.82. The zero-order valence-corrected chi connectivity index (χ0v) is 17.2. The van der Waals surface area contributed by atoms with Gasteiger partial charge in [-0.15, -0.1) is 0 Å². The largest absolute Gasteiger partial charge is 0.339 e. The van der Waals surface area contributed by atoms with E-state index in [0.29, 0.717) is 29.8 Å². The van der Waals surface area contributed by atoms with Gasteiger partial charge < -0.3 is 4.90 Å². The first-order valence-corrected chi connectivity index (χ1v) is 11.7. The van der Waals surface area contributed by atoms with Crippen molar-refractivity contribution in [2.75, 3.05) is 43.4 Å². The Hall–Kier alpha value is -1.19. The first-order valence-electron chi connectivity index (χ1n) is 8.92. The molecule has 26 heavy (non-hydrogen) atoms. The molecule has 2 fully saturated rings. The Balaban J connectivity index is 1.48. The number of sulfone groups is 1. The first-order chi connectivity index (χ1) is 12.2. The molecule has 1 unspecified atom stereocenters. The van der Waals surface area contributed by atoms with E-state index in [1.165, 1.54) is 11.8 Å². The Morgan fingerprint density at radius 2 is 1.73 bits per heavy atom. The van der Waals surface area contributed by atoms with E-state index in [4.69, 9.17) is 0 Å². The van der Waals surface area contributed by atoms with E-state index in [1.54, 1.807) is 0 Å². The van der Waals surface area contributed by atoms with Gasteiger partial charge in [-0.25, -0.2) is 18.4 Å². The fraction of sp³-hybridized carbons (Fsp3) is 0.706. The highest BCUT2D eigenvalue weighted by atomic mass is 32.2. The Morgan fingerprint density at radius 3 is 2.27 bits per heavy atom. The van der Waals surface area contributed by atoms with Gasteiger partial charge in [-0.3, -0.25) is 9.69 Å². The molecule has 1 atom stereocenters. The molecule has 3 heterocycles. The molecule has 2 aliphatic heterocycles. The van der Waals surface area contributed by atoms with Gasteiger partial charge in [-0.1, -0.05) is 11.8 Å². The van der Waals surface area contributed by atoms with Crippen LogP contribution in [-0.2, 0) is 14.6 Å². The molecule has 0 N–H and O–H groups in total. The quantitative estimate of drug-likeness (QED) is 0.548. The van der Waals surface area contributed by atoms with Crippen molar-refractivity contribution in [3.63, 3.8) is 0 Å². The molecule has 2 aliphatic rings. The van der Waals surface area contributed by atoms with Gasteiger partial charge in [0.2, 0.25) is 5.91 Å². The number of aryl methyl sites for hydroxylation is 2. The van der Waals surface area contributed by atoms with E-state index < -0.39 is 9.84 Å². The van der Waals surface area contributed by atoms with Gasteiger partial charge in [-0.05, 0) is 32.8 Å². The number of rotatable bonds is 4. The molecule has 0 saturated carbocycles. The molecule has 0 bridgehead atoms. The summed E-state index contributed by atoms with van der Waals surface area (Å²) in [5.74, 6) is 0.983. The normalized spacial score (nSPS) is 23.3. The molecule has 9 heteroatoms. The maximum Gasteiger partial charge on any atom is 0.233 e. The molecule has 0 spiro atoms. The van der Waals surface area contributed by atoms with Gasteiger partial charge in [0.1, 0.15) is 0 Å². The van der Waals surface area contributed by atoms with Crippen molar-refractivity contribution in [3.8, 4) is 0 Å². The molecule has 1 aromatic rings. The zero-order chi connectivity index (χ0) is 18.9. The summed E-state index contributed by atoms with van der Waals surface area (Å²) in [6.07, 6.45) is 0.718. The summed E-state index contributed by atoms with van der Waals surface area (Å²) in [6.45, 7) is 8.72. The van der Waals surface area contributed by atoms with Crippen LogP contribution in [0.5, 0.6) is 0 Å². The number of amides is 1. The Bertz CT molecular complexity index is 766. The van der Waals surface area contributed by atoms with Gasteiger partial charge in [0, 0.05) is 43.6 Å². The van der Waals surface area contributed by atoms with E-state index in [0.717, 1.165) is 36.5 Å². The Morgan fingerprint density at radius 1 is 1.12 bits per heavy atom. The fourth-order valence-electron chi connectivity index (χ4n) is 3.42. The summed E-state index contributed by atoms with van der Waals surface area (Å²) in [7, 11) is -2.86. The molecule has 0 aromatic carbocycles. The molecule has 0 aliphatic carbocycles. The number of piperazine rings is 1. The summed E-state index contributed by atoms with van der Waals surface area (Å²) < 4.78 is 23.3. The molecule has 7 nitrogen and oxygen atoms in total. The third-order valence-electron chi connectivity index (χ3n) is 5.33. The number of hydrogen-bond donors (Lipinski definition) is 0. The zero-order valence-electron chi connectivity index (χ0n) is 15.6. The predicted molar refractivity (Wildman–Crippen MR) is 102 cm³/mol. The van der Waals surface area contributed by atoms with E-state index in [2.05, 4.69) is 14.9 Å². The van der Waals surface area contributed by atoms with Crippen LogP contribution < -0.4 is 0 Å². The van der Waals surface area contributed by atoms with Crippen LogP contribution in [0.3, 0.4) is 0 Å². The van der Waals surface area contributed by atoms with Crippen LogP contribution in [-0.4, -0.2) is 83.6 Å². The standard InChI is InChI=1S/C17H26N4O3S2/c1-12-13(2)18-17(19-14(12)3)25-10-16(22)21-7-5-20(6-8-21)15-4-9-26(23,24)11-15/h15H,4-11H2,1-3H3. The van der Waals surface area contributed by atoms with Crippen molar-refractivity contribution in [2.45, 2.75) is 38.4 Å². The highest BCUT2D eigenvalue weighted by Gasteiger charge is 2.34. The summed E-state index contributed by atoms with van der Waals surface area (Å²) in [6, 6.07) is 0.124. The lowest BCUT2D eigenvalue weighted by atomic mass is 10.2. The predicted octanol–water partition coefficient (Wildman–Crippen LogP) is 0.825. The van der Waals surface area contributed by atoms with Crippen molar-refractivity contribution >= 4 is 27.5 Å². The van der Waals surface area contributed by atoms with Crippen LogP contribution in [0.2, 0.25) is 0 Å². The van der Waals surface area contributed by atoms with Crippen LogP contribution >= 0.6 is 11.8 Å². The second-order valence-electron chi connectivity index (χ2n) is 7.06. The van der Waals surface area contributed by atoms with Gasteiger partial charge in [0.25, 0.3) is 0 Å². The van der Waals surface area contributed by atoms with Crippen molar-refractivity contribution in [2.24, 2.45) is 0 Å². The minimum atomic E-state index is -2.86. The number of hydrogen-bond acceptors (Lipinski definition) is 7. The molecular formula is C17H26N4O3S2. The highest BCUT2D eigenvalue weighted by Crippen LogP contribution is 2.21. The molecule has 2 saturated heterocycles. The van der Waals surface area contributed by atoms with E-state index >= 15 is 0 Å². The van der Waals surface area contributed by atoms with Crippen molar-refractivity contribution in [1.29, 1.82) is 0 Å². The molecular weight excluding hydrogens is 372 g/mol. The summed E-state index contributed by atoms with van der Waals surface area (Å²) >= 11 is 1.38. The third kappa shape index (κ3) is 4.55. The Kier molecular flexibility index (Phi) is 5.88. The maximum atomic E-state index is 12.5. The number of carbonyl (C=O) groups is 1. The van der Waals surface area contributed by atoms with E-state index in [9.17, 15) is 13.2 Å². The molecule has 1 amide bonds. The minimum Gasteiger partial charge on any atom is -0.339 e. The van der Waals surface area contributed by atoms with Crippen molar-refractivity contribution < 1.29 is 13.2 Å². The van der Waals surface area contributed by atoms with Crippen LogP contribution in [0, 0.1) is 20.8 Å². The molecule has 0 radical (unpaired) electrons. The fourth-order valence-corrected chi connectivity index (χ4v) is 6.02. The average molecular weight is 399 g/mol. The van der Waals surface area contributed by atoms with Crippen molar-refractivity contribution in [1.82, 2.24) is 19.8 Å². The number of thioether (sulfide) groups is 1. The lowest BCUT2D eigenvalue weighted by molar-refractivity contribution is -0.130. The SMILES string of the molecule is Cc1nc(SCC(=O)N2CCN(C3CCS(=O)(=O)C3)CC2)nc(C)c1C. The van der Waals surface area contributed by atoms with E-state index in [-0.39, 0.29) is 17.7 Å². The maximum absolute atomic E-state index is 12.5.